The molecule has 0 aromatic heterocycles. The molecule has 0 aliphatic rings. The van der Waals surface area contributed by atoms with E-state index in [4.69, 9.17) is 5.73 Å². The highest BCUT2D eigenvalue weighted by molar-refractivity contribution is 5.54. The van der Waals surface area contributed by atoms with Crippen LogP contribution in [0.4, 0.5) is 24.5 Å². The van der Waals surface area contributed by atoms with Crippen LogP contribution in [0.2, 0.25) is 0 Å². The van der Waals surface area contributed by atoms with Gasteiger partial charge >= 0.3 is 6.18 Å². The summed E-state index contributed by atoms with van der Waals surface area (Å²) in [5, 5.41) is 3.10. The molecule has 2 aromatic rings. The fourth-order valence-corrected chi connectivity index (χ4v) is 1.66. The average Bonchev–Trinajstić information content (AvgIpc) is 2.36. The molecule has 0 aliphatic carbocycles. The van der Waals surface area contributed by atoms with Crippen molar-refractivity contribution >= 4 is 11.4 Å². The zero-order chi connectivity index (χ0) is 13.9. The molecule has 0 unspecified atom stereocenters. The summed E-state index contributed by atoms with van der Waals surface area (Å²) >= 11 is 0. The molecule has 0 fully saturated rings. The highest BCUT2D eigenvalue weighted by Gasteiger charge is 2.29. The molecule has 0 aliphatic heterocycles. The molecule has 2 aromatic carbocycles. The Labute approximate surface area is 109 Å². The van der Waals surface area contributed by atoms with Crippen molar-refractivity contribution in [2.24, 2.45) is 0 Å². The Bertz CT molecular complexity index is 547. The Morgan fingerprint density at radius 3 is 2.26 bits per heavy atom. The highest BCUT2D eigenvalue weighted by Crippen LogP contribution is 2.29. The molecule has 0 saturated carbocycles. The zero-order valence-corrected chi connectivity index (χ0v) is 10.0. The first-order chi connectivity index (χ1) is 8.95. The normalized spacial score (nSPS) is 11.3. The van der Waals surface area contributed by atoms with Gasteiger partial charge in [0.15, 0.2) is 0 Å². The maximum absolute atomic E-state index is 12.4. The third-order valence-corrected chi connectivity index (χ3v) is 2.66. The van der Waals surface area contributed by atoms with E-state index in [0.717, 1.165) is 23.4 Å². The second-order valence-electron chi connectivity index (χ2n) is 4.17. The Kier molecular flexibility index (Phi) is 3.64. The van der Waals surface area contributed by atoms with E-state index in [0.29, 0.717) is 12.2 Å². The number of nitrogen functional groups attached to an aromatic ring is 1. The molecule has 2 nitrogen and oxygen atoms in total. The molecule has 0 bridgehead atoms. The maximum Gasteiger partial charge on any atom is 0.416 e. The molecule has 100 valence electrons. The van der Waals surface area contributed by atoms with Crippen molar-refractivity contribution in [3.63, 3.8) is 0 Å². The van der Waals surface area contributed by atoms with Gasteiger partial charge in [0.05, 0.1) is 5.56 Å². The molecule has 19 heavy (non-hydrogen) atoms. The molecule has 0 amide bonds. The first-order valence-corrected chi connectivity index (χ1v) is 5.71. The van der Waals surface area contributed by atoms with Crippen molar-refractivity contribution in [3.8, 4) is 0 Å². The van der Waals surface area contributed by atoms with Crippen molar-refractivity contribution in [1.29, 1.82) is 0 Å². The molecule has 0 radical (unpaired) electrons. The number of nitrogens with two attached hydrogens (primary N) is 1. The Morgan fingerprint density at radius 2 is 1.68 bits per heavy atom. The van der Waals surface area contributed by atoms with E-state index in [9.17, 15) is 13.2 Å². The van der Waals surface area contributed by atoms with Gasteiger partial charge in [0.1, 0.15) is 0 Å². The number of halogens is 3. The highest BCUT2D eigenvalue weighted by atomic mass is 19.4. The van der Waals surface area contributed by atoms with Crippen LogP contribution in [0.15, 0.2) is 48.5 Å². The summed E-state index contributed by atoms with van der Waals surface area (Å²) < 4.78 is 37.2. The third kappa shape index (κ3) is 3.64. The van der Waals surface area contributed by atoms with E-state index in [-0.39, 0.29) is 0 Å². The van der Waals surface area contributed by atoms with E-state index in [1.54, 1.807) is 12.1 Å². The molecule has 0 heterocycles. The number of alkyl halides is 3. The fraction of sp³-hybridized carbons (Fsp3) is 0.143. The monoisotopic (exact) mass is 266 g/mol. The Hall–Kier alpha value is -2.17. The van der Waals surface area contributed by atoms with Gasteiger partial charge in [-0.25, -0.2) is 0 Å². The van der Waals surface area contributed by atoms with Gasteiger partial charge in [0.2, 0.25) is 0 Å². The summed E-state index contributed by atoms with van der Waals surface area (Å²) in [6, 6.07) is 12.3. The van der Waals surface area contributed by atoms with Crippen LogP contribution in [0.1, 0.15) is 11.1 Å². The first kappa shape index (κ1) is 13.3. The van der Waals surface area contributed by atoms with Gasteiger partial charge < -0.3 is 11.1 Å². The second kappa shape index (κ2) is 5.22. The molecule has 5 heteroatoms. The predicted octanol–water partition coefficient (Wildman–Crippen LogP) is 3.90. The number of benzene rings is 2. The number of hydrogen-bond donors (Lipinski definition) is 2. The van der Waals surface area contributed by atoms with Crippen LogP contribution < -0.4 is 11.1 Å². The van der Waals surface area contributed by atoms with Crippen molar-refractivity contribution in [2.45, 2.75) is 12.7 Å². The lowest BCUT2D eigenvalue weighted by atomic mass is 10.1. The Morgan fingerprint density at radius 1 is 1.00 bits per heavy atom. The van der Waals surface area contributed by atoms with Crippen LogP contribution in [0.3, 0.4) is 0 Å². The van der Waals surface area contributed by atoms with E-state index >= 15 is 0 Å². The van der Waals surface area contributed by atoms with E-state index < -0.39 is 11.7 Å². The summed E-state index contributed by atoms with van der Waals surface area (Å²) in [7, 11) is 0. The fourth-order valence-electron chi connectivity index (χ4n) is 1.66. The minimum Gasteiger partial charge on any atom is -0.399 e. The summed E-state index contributed by atoms with van der Waals surface area (Å²) in [6.45, 7) is 0.446. The summed E-state index contributed by atoms with van der Waals surface area (Å²) in [5.74, 6) is 0. The molecular formula is C14H13F3N2. The van der Waals surface area contributed by atoms with Crippen molar-refractivity contribution in [1.82, 2.24) is 0 Å². The summed E-state index contributed by atoms with van der Waals surface area (Å²) in [4.78, 5) is 0. The number of rotatable bonds is 3. The molecule has 3 N–H and O–H groups in total. The maximum atomic E-state index is 12.4. The number of nitrogens with one attached hydrogen (secondary N) is 1. The standard InChI is InChI=1S/C14H13F3N2/c15-14(16,17)11-6-4-10(5-7-11)9-19-13-3-1-2-12(18)8-13/h1-8,19H,9,18H2. The topological polar surface area (TPSA) is 38.0 Å². The van der Waals surface area contributed by atoms with Crippen LogP contribution >= 0.6 is 0 Å². The van der Waals surface area contributed by atoms with Gasteiger partial charge in [0.25, 0.3) is 0 Å². The number of hydrogen-bond acceptors (Lipinski definition) is 2. The lowest BCUT2D eigenvalue weighted by Gasteiger charge is -2.09. The molecule has 0 atom stereocenters. The third-order valence-electron chi connectivity index (χ3n) is 2.66. The SMILES string of the molecule is Nc1cccc(NCc2ccc(C(F)(F)F)cc2)c1. The van der Waals surface area contributed by atoms with Gasteiger partial charge in [-0.15, -0.1) is 0 Å². The van der Waals surface area contributed by atoms with Gasteiger partial charge in [-0.1, -0.05) is 18.2 Å². The number of anilines is 2. The summed E-state index contributed by atoms with van der Waals surface area (Å²) in [6.07, 6.45) is -4.29. The minimum atomic E-state index is -4.29. The van der Waals surface area contributed by atoms with Crippen LogP contribution in [0.5, 0.6) is 0 Å². The van der Waals surface area contributed by atoms with Gasteiger partial charge in [0, 0.05) is 17.9 Å². The van der Waals surface area contributed by atoms with Crippen molar-refractivity contribution in [2.75, 3.05) is 11.1 Å². The quantitative estimate of drug-likeness (QED) is 0.827. The lowest BCUT2D eigenvalue weighted by Crippen LogP contribution is -2.05. The smallest absolute Gasteiger partial charge is 0.399 e. The first-order valence-electron chi connectivity index (χ1n) is 5.71. The van der Waals surface area contributed by atoms with Crippen LogP contribution in [-0.4, -0.2) is 0 Å². The molecule has 0 saturated heterocycles. The largest absolute Gasteiger partial charge is 0.416 e. The predicted molar refractivity (Wildman–Crippen MR) is 69.6 cm³/mol. The van der Waals surface area contributed by atoms with Gasteiger partial charge in [-0.05, 0) is 35.9 Å². The van der Waals surface area contributed by atoms with E-state index in [2.05, 4.69) is 5.32 Å². The van der Waals surface area contributed by atoms with Crippen LogP contribution in [0.25, 0.3) is 0 Å². The minimum absolute atomic E-state index is 0.446. The van der Waals surface area contributed by atoms with Crippen molar-refractivity contribution < 1.29 is 13.2 Å². The average molecular weight is 266 g/mol. The van der Waals surface area contributed by atoms with E-state index in [1.165, 1.54) is 12.1 Å². The molecular weight excluding hydrogens is 253 g/mol. The van der Waals surface area contributed by atoms with Crippen molar-refractivity contribution in [3.05, 3.63) is 59.7 Å². The van der Waals surface area contributed by atoms with E-state index in [1.807, 2.05) is 12.1 Å². The van der Waals surface area contributed by atoms with Crippen LogP contribution in [0, 0.1) is 0 Å². The molecule has 0 spiro atoms. The van der Waals surface area contributed by atoms with Gasteiger partial charge in [-0.2, -0.15) is 13.2 Å². The second-order valence-corrected chi connectivity index (χ2v) is 4.17. The van der Waals surface area contributed by atoms with Gasteiger partial charge in [-0.3, -0.25) is 0 Å². The van der Waals surface area contributed by atoms with Crippen LogP contribution in [-0.2, 0) is 12.7 Å². The zero-order valence-electron chi connectivity index (χ0n) is 10.0. The summed E-state index contributed by atoms with van der Waals surface area (Å²) in [5.41, 5.74) is 7.23. The lowest BCUT2D eigenvalue weighted by molar-refractivity contribution is -0.137. The Balaban J connectivity index is 2.01. The molecule has 2 rings (SSSR count).